The second kappa shape index (κ2) is 58.2. The fourth-order valence-electron chi connectivity index (χ4n) is 12.6. The quantitative estimate of drug-likeness (QED) is 0.0556. The summed E-state index contributed by atoms with van der Waals surface area (Å²) in [6.45, 7) is 29.4. The predicted molar refractivity (Wildman–Crippen MR) is 552 cm³/mol. The summed E-state index contributed by atoms with van der Waals surface area (Å²) in [5.74, 6) is 3.76. The Balaban J connectivity index is 0.000000216. The standard InChI is InChI=1S/3C17H12NO.4C15H16N.C6H5NO2.C5H8O2.3Ir/c3*1-2-8-15(9-3-1)19-16-10-6-7-14(13-16)17-11-4-5-12-18-17;4*1-15(2,3)13-8-6-7-12(11-13)14-9-4-5-10-16-14;8-6(9)5-3-1-2-4-7-5;1-4(6)3-5(2)7;;;/h3*1-6,8-13H;4*4-6,8-11H,1-3H3;1-4H,(H,8,9);3,6H,1-2H3;;;/q7*-1;;;;;+3. The normalized spacial score (nSPS) is 10.5. The number of hydrogen-bond acceptors (Lipinski definition) is 14. The minimum atomic E-state index is -0.990. The molecule has 0 atom stereocenters. The Kier molecular flexibility index (Phi) is 46.8. The Bertz CT molecular complexity index is 5990. The van der Waals surface area contributed by atoms with Gasteiger partial charge in [0.25, 0.3) is 0 Å². The molecule has 0 saturated carbocycles. The summed E-state index contributed by atoms with van der Waals surface area (Å²) in [5, 5.41) is 16.7. The maximum Gasteiger partial charge on any atom is 3.00 e. The smallest absolute Gasteiger partial charge is 0.512 e. The van der Waals surface area contributed by atoms with Gasteiger partial charge in [-0.05, 0) is 166 Å². The molecule has 714 valence electrons. The molecule has 18 rings (SSSR count). The van der Waals surface area contributed by atoms with Crippen LogP contribution in [0.3, 0.4) is 0 Å². The van der Waals surface area contributed by atoms with Gasteiger partial charge in [-0.3, -0.25) is 4.79 Å². The van der Waals surface area contributed by atoms with Crippen LogP contribution in [0.4, 0.5) is 0 Å². The second-order valence-corrected chi connectivity index (χ2v) is 34.9. The van der Waals surface area contributed by atoms with E-state index in [4.69, 9.17) is 24.4 Å². The number of ether oxygens (including phenoxy) is 3. The van der Waals surface area contributed by atoms with Gasteiger partial charge in [0, 0.05) is 113 Å². The number of allylic oxidation sites excluding steroid dienone is 2. The zero-order valence-corrected chi connectivity index (χ0v) is 88.0. The van der Waals surface area contributed by atoms with Gasteiger partial charge in [0.15, 0.2) is 5.78 Å². The van der Waals surface area contributed by atoms with Crippen LogP contribution >= 0.6 is 0 Å². The summed E-state index contributed by atoms with van der Waals surface area (Å²) >= 11 is 0. The molecule has 15 nitrogen and oxygen atoms in total. The van der Waals surface area contributed by atoms with Gasteiger partial charge in [-0.15, -0.1) is 231 Å². The van der Waals surface area contributed by atoms with Crippen LogP contribution in [0, 0.1) is 42.5 Å². The van der Waals surface area contributed by atoms with E-state index in [-0.39, 0.29) is 99.2 Å². The van der Waals surface area contributed by atoms with Crippen LogP contribution in [0.15, 0.2) is 425 Å². The van der Waals surface area contributed by atoms with E-state index in [1.165, 1.54) is 54.4 Å². The molecular formula is C122H113Ir3N8O7-4. The molecular weight excluding hydrogens is 2270 g/mol. The van der Waals surface area contributed by atoms with E-state index in [0.29, 0.717) is 0 Å². The van der Waals surface area contributed by atoms with Gasteiger partial charge in [-0.2, -0.15) is 0 Å². The fourth-order valence-corrected chi connectivity index (χ4v) is 12.6. The number of hydrogen-bond donors (Lipinski definition) is 2. The third-order valence-corrected chi connectivity index (χ3v) is 19.8. The van der Waals surface area contributed by atoms with E-state index >= 15 is 0 Å². The molecule has 0 fully saturated rings. The maximum absolute atomic E-state index is 10.1. The molecule has 2 radical (unpaired) electrons. The Morgan fingerprint density at radius 1 is 0.250 bits per heavy atom. The molecule has 0 amide bonds. The largest absolute Gasteiger partial charge is 3.00 e. The molecule has 0 aliphatic rings. The van der Waals surface area contributed by atoms with Crippen LogP contribution in [0.25, 0.3) is 78.8 Å². The number of para-hydroxylation sites is 3. The van der Waals surface area contributed by atoms with Gasteiger partial charge >= 0.3 is 26.1 Å². The van der Waals surface area contributed by atoms with Crippen molar-refractivity contribution in [3.05, 3.63) is 496 Å². The SMILES string of the molecule is CC(=O)C=C(C)O.CC(C)(C)c1cc[c-]c(-c2ccccn2)c1.CC(C)(C)c1cc[c-]c(-c2ccccn2)c1.CC(C)(C)c1cc[c-]c(-c2ccccn2)c1.CC(C)(C)c1cc[c-]c(-c2ccccn2)c1.O=C(O)c1ccccn1.[Ir+3].[Ir].[Ir].[c-]1ccc(Oc2ccccc2)cc1-c1ccccn1.[c-]1ccc(Oc2ccccc2)cc1-c1ccccn1.[c-]1ccc(Oc2ccccc2)cc1-c1ccccn1. The first-order valence-corrected chi connectivity index (χ1v) is 44.7. The molecule has 0 unspecified atom stereocenters. The van der Waals surface area contributed by atoms with Crippen LogP contribution < -0.4 is 14.2 Å². The monoisotopic (exact) mass is 2380 g/mol. The number of aromatic carboxylic acids is 1. The molecule has 10 aromatic carbocycles. The molecule has 18 heteroatoms. The number of benzene rings is 10. The number of carbonyl (C=O) groups is 2. The fraction of sp³-hybridized carbons (Fsp3) is 0.148. The summed E-state index contributed by atoms with van der Waals surface area (Å²) < 4.78 is 17.4. The number of aromatic nitrogens is 8. The van der Waals surface area contributed by atoms with E-state index in [9.17, 15) is 9.59 Å². The molecule has 0 saturated heterocycles. The maximum atomic E-state index is 10.1. The summed E-state index contributed by atoms with van der Waals surface area (Å²) in [6, 6.07) is 140. The van der Waals surface area contributed by atoms with E-state index in [1.54, 1.807) is 30.7 Å². The van der Waals surface area contributed by atoms with Gasteiger partial charge in [0.2, 0.25) is 0 Å². The Labute approximate surface area is 866 Å². The molecule has 0 spiro atoms. The first-order chi connectivity index (χ1) is 66.0. The second-order valence-electron chi connectivity index (χ2n) is 34.9. The van der Waals surface area contributed by atoms with E-state index in [1.807, 2.05) is 322 Å². The summed E-state index contributed by atoms with van der Waals surface area (Å²) in [4.78, 5) is 54.0. The number of carboxylic acids is 1. The van der Waals surface area contributed by atoms with Gasteiger partial charge in [-0.1, -0.05) is 229 Å². The van der Waals surface area contributed by atoms with Gasteiger partial charge in [-0.25, -0.2) is 9.78 Å². The number of nitrogens with zero attached hydrogens (tertiary/aromatic N) is 8. The van der Waals surface area contributed by atoms with Crippen molar-refractivity contribution >= 4 is 11.8 Å². The predicted octanol–water partition coefficient (Wildman–Crippen LogP) is 30.2. The van der Waals surface area contributed by atoms with E-state index < -0.39 is 5.97 Å². The summed E-state index contributed by atoms with van der Waals surface area (Å²) in [5.41, 5.74) is 19.6. The first kappa shape index (κ1) is 112. The zero-order valence-electron chi connectivity index (χ0n) is 80.9. The minimum Gasteiger partial charge on any atom is -0.512 e. The summed E-state index contributed by atoms with van der Waals surface area (Å²) in [7, 11) is 0. The molecule has 8 heterocycles. The number of carbonyl (C=O) groups excluding carboxylic acids is 1. The number of pyridine rings is 8. The van der Waals surface area contributed by atoms with Crippen molar-refractivity contribution in [3.8, 4) is 113 Å². The van der Waals surface area contributed by atoms with E-state index in [0.717, 1.165) is 113 Å². The van der Waals surface area contributed by atoms with Crippen LogP contribution in [0.1, 0.15) is 130 Å². The van der Waals surface area contributed by atoms with E-state index in [2.05, 4.69) is 214 Å². The van der Waals surface area contributed by atoms with Crippen molar-refractivity contribution in [2.45, 2.75) is 119 Å². The Morgan fingerprint density at radius 3 is 0.600 bits per heavy atom. The molecule has 140 heavy (non-hydrogen) atoms. The molecule has 2 N–H and O–H groups in total. The van der Waals surface area contributed by atoms with Gasteiger partial charge in [0.05, 0.1) is 5.76 Å². The van der Waals surface area contributed by atoms with Crippen molar-refractivity contribution in [2.75, 3.05) is 0 Å². The minimum absolute atomic E-state index is 0. The molecule has 18 aromatic rings. The molecule has 8 aromatic heterocycles. The summed E-state index contributed by atoms with van der Waals surface area (Å²) in [6.07, 6.45) is 15.2. The zero-order chi connectivity index (χ0) is 97.7. The van der Waals surface area contributed by atoms with Crippen LogP contribution in [0.5, 0.6) is 34.5 Å². The van der Waals surface area contributed by atoms with Gasteiger partial charge in [0.1, 0.15) is 22.9 Å². The van der Waals surface area contributed by atoms with Crippen LogP contribution in [-0.4, -0.2) is 61.8 Å². The number of rotatable bonds is 15. The average molecular weight is 2380 g/mol. The Hall–Kier alpha value is -14.6. The topological polar surface area (TPSA) is 205 Å². The molecule has 0 aliphatic carbocycles. The third kappa shape index (κ3) is 39.9. The van der Waals surface area contributed by atoms with Crippen molar-refractivity contribution < 1.29 is 94.3 Å². The van der Waals surface area contributed by atoms with Crippen LogP contribution in [0.2, 0.25) is 0 Å². The molecule has 0 aliphatic heterocycles. The number of ketones is 1. The Morgan fingerprint density at radius 2 is 0.443 bits per heavy atom. The number of aliphatic hydroxyl groups excluding tert-OH is 1. The van der Waals surface area contributed by atoms with Crippen molar-refractivity contribution in [3.63, 3.8) is 0 Å². The van der Waals surface area contributed by atoms with Gasteiger partial charge < -0.3 is 59.3 Å². The number of carboxylic acid groups (broad SMARTS) is 1. The molecule has 0 bridgehead atoms. The van der Waals surface area contributed by atoms with Crippen LogP contribution in [-0.2, 0) is 86.8 Å². The number of aliphatic hydroxyl groups is 1. The average Bonchev–Trinajstić information content (AvgIpc) is 0.829. The van der Waals surface area contributed by atoms with Crippen molar-refractivity contribution in [1.82, 2.24) is 39.9 Å². The van der Waals surface area contributed by atoms with Crippen molar-refractivity contribution in [1.29, 1.82) is 0 Å². The first-order valence-electron chi connectivity index (χ1n) is 44.7. The van der Waals surface area contributed by atoms with Crippen molar-refractivity contribution in [2.24, 2.45) is 0 Å². The third-order valence-electron chi connectivity index (χ3n) is 19.8.